The fourth-order valence-corrected chi connectivity index (χ4v) is 4.20. The first-order chi connectivity index (χ1) is 16.6. The lowest BCUT2D eigenvalue weighted by atomic mass is 10.1. The van der Waals surface area contributed by atoms with Gasteiger partial charge in [0.15, 0.2) is 0 Å². The first kappa shape index (κ1) is 25.2. The maximum atomic E-state index is 10.9. The number of carbonyl (C=O) groups is 1. The Morgan fingerprint density at radius 3 is 2.50 bits per heavy atom. The number of nitrogens with zero attached hydrogens (tertiary/aromatic N) is 1. The van der Waals surface area contributed by atoms with Crippen molar-refractivity contribution >= 4 is 23.8 Å². The molecule has 3 aromatic rings. The standard InChI is InChI=1S/C27H29NO5S/c1-31-22-13-10-20(11-14-22)7-5-6-18-33-24-16-12-21(28-23(24)15-17-27(29)30)19-34-26-9-4-3-8-25(26)32-2/h3-4,8-17H,5-7,18-19H2,1-2H3,(H,29,30)/p-1/b17-15+. The fraction of sp³-hybridized carbons (Fsp3) is 0.259. The van der Waals surface area contributed by atoms with Crippen molar-refractivity contribution in [3.63, 3.8) is 0 Å². The molecule has 0 N–H and O–H groups in total. The highest BCUT2D eigenvalue weighted by atomic mass is 32.2. The van der Waals surface area contributed by atoms with Crippen LogP contribution in [0.15, 0.2) is 71.6 Å². The van der Waals surface area contributed by atoms with Crippen LogP contribution in [-0.2, 0) is 17.0 Å². The largest absolute Gasteiger partial charge is 0.545 e. The van der Waals surface area contributed by atoms with E-state index in [1.54, 1.807) is 26.0 Å². The average molecular weight is 479 g/mol. The van der Waals surface area contributed by atoms with E-state index in [1.807, 2.05) is 48.5 Å². The van der Waals surface area contributed by atoms with Crippen molar-refractivity contribution in [2.45, 2.75) is 29.9 Å². The molecule has 0 atom stereocenters. The van der Waals surface area contributed by atoms with Crippen LogP contribution in [0, 0.1) is 0 Å². The second-order valence-corrected chi connectivity index (χ2v) is 8.45. The van der Waals surface area contributed by atoms with Crippen LogP contribution in [0.3, 0.4) is 0 Å². The molecule has 0 saturated heterocycles. The number of pyridine rings is 1. The molecule has 1 aromatic heterocycles. The summed E-state index contributed by atoms with van der Waals surface area (Å²) in [6.45, 7) is 0.513. The van der Waals surface area contributed by atoms with Crippen LogP contribution < -0.4 is 19.3 Å². The third kappa shape index (κ3) is 7.85. The summed E-state index contributed by atoms with van der Waals surface area (Å²) in [7, 11) is 3.30. The van der Waals surface area contributed by atoms with Crippen LogP contribution in [-0.4, -0.2) is 31.8 Å². The van der Waals surface area contributed by atoms with Gasteiger partial charge >= 0.3 is 0 Å². The molecule has 0 radical (unpaired) electrons. The van der Waals surface area contributed by atoms with Crippen LogP contribution in [0.2, 0.25) is 0 Å². The number of para-hydroxylation sites is 1. The molecular formula is C27H28NO5S-. The van der Waals surface area contributed by atoms with E-state index >= 15 is 0 Å². The zero-order valence-electron chi connectivity index (χ0n) is 19.4. The number of unbranched alkanes of at least 4 members (excludes halogenated alkanes) is 1. The highest BCUT2D eigenvalue weighted by Gasteiger charge is 2.08. The van der Waals surface area contributed by atoms with Crippen LogP contribution in [0.1, 0.15) is 29.8 Å². The maximum Gasteiger partial charge on any atom is 0.144 e. The number of thioether (sulfide) groups is 1. The molecular weight excluding hydrogens is 450 g/mol. The van der Waals surface area contributed by atoms with Gasteiger partial charge in [-0.1, -0.05) is 24.3 Å². The Kier molecular flexibility index (Phi) is 9.85. The minimum atomic E-state index is -1.28. The number of carboxylic acids is 1. The maximum absolute atomic E-state index is 10.9. The van der Waals surface area contributed by atoms with E-state index in [1.165, 1.54) is 11.6 Å². The Morgan fingerprint density at radius 2 is 1.76 bits per heavy atom. The van der Waals surface area contributed by atoms with E-state index in [-0.39, 0.29) is 0 Å². The molecule has 6 nitrogen and oxygen atoms in total. The summed E-state index contributed by atoms with van der Waals surface area (Å²) in [5.74, 6) is 1.53. The first-order valence-corrected chi connectivity index (χ1v) is 12.0. The Hall–Kier alpha value is -3.45. The highest BCUT2D eigenvalue weighted by Crippen LogP contribution is 2.31. The SMILES string of the molecule is COc1ccc(CCCCOc2ccc(CSc3ccccc3OC)nc2/C=C/C(=O)[O-])cc1. The minimum Gasteiger partial charge on any atom is -0.545 e. The smallest absolute Gasteiger partial charge is 0.144 e. The van der Waals surface area contributed by atoms with E-state index in [0.29, 0.717) is 23.8 Å². The van der Waals surface area contributed by atoms with Gasteiger partial charge in [-0.2, -0.15) is 0 Å². The van der Waals surface area contributed by atoms with Crippen molar-refractivity contribution in [2.24, 2.45) is 0 Å². The molecule has 0 aliphatic heterocycles. The van der Waals surface area contributed by atoms with E-state index in [9.17, 15) is 9.90 Å². The van der Waals surface area contributed by atoms with Crippen molar-refractivity contribution in [1.29, 1.82) is 0 Å². The van der Waals surface area contributed by atoms with E-state index in [2.05, 4.69) is 17.1 Å². The van der Waals surface area contributed by atoms with Crippen LogP contribution >= 0.6 is 11.8 Å². The van der Waals surface area contributed by atoms with E-state index in [4.69, 9.17) is 14.2 Å². The van der Waals surface area contributed by atoms with Gasteiger partial charge in [0, 0.05) is 10.6 Å². The molecule has 7 heteroatoms. The molecule has 1 heterocycles. The number of rotatable bonds is 13. The summed E-state index contributed by atoms with van der Waals surface area (Å²) in [5, 5.41) is 10.9. The lowest BCUT2D eigenvalue weighted by molar-refractivity contribution is -0.297. The first-order valence-electron chi connectivity index (χ1n) is 11.0. The third-order valence-corrected chi connectivity index (χ3v) is 6.13. The normalized spacial score (nSPS) is 10.9. The minimum absolute atomic E-state index is 0.470. The monoisotopic (exact) mass is 478 g/mol. The summed E-state index contributed by atoms with van der Waals surface area (Å²) in [6.07, 6.45) is 5.16. The van der Waals surface area contributed by atoms with Gasteiger partial charge in [-0.3, -0.25) is 0 Å². The lowest BCUT2D eigenvalue weighted by Gasteiger charge is -2.12. The van der Waals surface area contributed by atoms with Gasteiger partial charge in [0.1, 0.15) is 22.9 Å². The van der Waals surface area contributed by atoms with E-state index in [0.717, 1.165) is 47.4 Å². The number of hydrogen-bond acceptors (Lipinski definition) is 7. The number of aliphatic carboxylic acids is 1. The highest BCUT2D eigenvalue weighted by molar-refractivity contribution is 7.98. The average Bonchev–Trinajstić information content (AvgIpc) is 2.87. The number of aromatic nitrogens is 1. The molecule has 3 rings (SSSR count). The van der Waals surface area contributed by atoms with Crippen molar-refractivity contribution in [3.8, 4) is 17.2 Å². The van der Waals surface area contributed by atoms with Gasteiger partial charge in [-0.15, -0.1) is 11.8 Å². The number of hydrogen-bond donors (Lipinski definition) is 0. The van der Waals surface area contributed by atoms with Gasteiger partial charge in [0.25, 0.3) is 0 Å². The summed E-state index contributed by atoms with van der Waals surface area (Å²) < 4.78 is 16.5. The Balaban J connectivity index is 1.57. The number of carboxylic acid groups (broad SMARTS) is 1. The summed E-state index contributed by atoms with van der Waals surface area (Å²) in [5.41, 5.74) is 2.52. The number of ether oxygens (including phenoxy) is 3. The lowest BCUT2D eigenvalue weighted by Crippen LogP contribution is -2.18. The number of aryl methyl sites for hydroxylation is 1. The quantitative estimate of drug-likeness (QED) is 0.202. The predicted molar refractivity (Wildman–Crippen MR) is 132 cm³/mol. The molecule has 0 spiro atoms. The fourth-order valence-electron chi connectivity index (χ4n) is 3.27. The van der Waals surface area contributed by atoms with Crippen LogP contribution in [0.4, 0.5) is 0 Å². The molecule has 0 bridgehead atoms. The zero-order chi connectivity index (χ0) is 24.2. The van der Waals surface area contributed by atoms with E-state index < -0.39 is 5.97 Å². The molecule has 0 saturated carbocycles. The van der Waals surface area contributed by atoms with Gasteiger partial charge in [-0.05, 0) is 73.4 Å². The van der Waals surface area contributed by atoms with Gasteiger partial charge < -0.3 is 24.1 Å². The number of methoxy groups -OCH3 is 2. The molecule has 0 fully saturated rings. The topological polar surface area (TPSA) is 80.7 Å². The zero-order valence-corrected chi connectivity index (χ0v) is 20.2. The molecule has 0 aliphatic carbocycles. The Labute approximate surface area is 204 Å². The summed E-state index contributed by atoms with van der Waals surface area (Å²) in [6, 6.07) is 19.6. The predicted octanol–water partition coefficient (Wildman–Crippen LogP) is 4.56. The Bertz CT molecular complexity index is 1100. The molecule has 34 heavy (non-hydrogen) atoms. The second kappa shape index (κ2) is 13.3. The van der Waals surface area contributed by atoms with Crippen LogP contribution in [0.25, 0.3) is 6.08 Å². The second-order valence-electron chi connectivity index (χ2n) is 7.43. The third-order valence-electron chi connectivity index (χ3n) is 5.04. The van der Waals surface area contributed by atoms with Gasteiger partial charge in [-0.25, -0.2) is 4.98 Å². The van der Waals surface area contributed by atoms with Gasteiger partial charge in [0.2, 0.25) is 0 Å². The van der Waals surface area contributed by atoms with Crippen molar-refractivity contribution in [3.05, 3.63) is 83.7 Å². The summed E-state index contributed by atoms with van der Waals surface area (Å²) in [4.78, 5) is 16.5. The summed E-state index contributed by atoms with van der Waals surface area (Å²) >= 11 is 1.60. The van der Waals surface area contributed by atoms with Gasteiger partial charge in [0.05, 0.1) is 32.5 Å². The van der Waals surface area contributed by atoms with Crippen molar-refractivity contribution in [1.82, 2.24) is 4.98 Å². The molecule has 0 aliphatic rings. The van der Waals surface area contributed by atoms with Crippen LogP contribution in [0.5, 0.6) is 17.2 Å². The van der Waals surface area contributed by atoms with Crippen molar-refractivity contribution < 1.29 is 24.1 Å². The molecule has 178 valence electrons. The molecule has 0 amide bonds. The number of carbonyl (C=O) groups excluding carboxylic acids is 1. The number of benzene rings is 2. The van der Waals surface area contributed by atoms with Crippen molar-refractivity contribution in [2.75, 3.05) is 20.8 Å². The Morgan fingerprint density at radius 1 is 0.971 bits per heavy atom. The molecule has 2 aromatic carbocycles. The molecule has 0 unspecified atom stereocenters.